The van der Waals surface area contributed by atoms with E-state index in [0.717, 1.165) is 18.4 Å². The van der Waals surface area contributed by atoms with Gasteiger partial charge in [0.2, 0.25) is 0 Å². The molecule has 0 heterocycles. The van der Waals surface area contributed by atoms with E-state index >= 15 is 0 Å². The van der Waals surface area contributed by atoms with Gasteiger partial charge in [0.05, 0.1) is 0 Å². The summed E-state index contributed by atoms with van der Waals surface area (Å²) in [7, 11) is 0. The lowest BCUT2D eigenvalue weighted by Crippen LogP contribution is -2.26. The SMILES string of the molecule is CCCNC(=O)c1ccc(C(=O)NCCc2ccc(Cl)cc2)cc1. The van der Waals surface area contributed by atoms with E-state index in [4.69, 9.17) is 11.6 Å². The molecule has 0 aliphatic carbocycles. The van der Waals surface area contributed by atoms with Gasteiger partial charge in [-0.25, -0.2) is 0 Å². The molecule has 0 aliphatic heterocycles. The predicted molar refractivity (Wildman–Crippen MR) is 96.6 cm³/mol. The summed E-state index contributed by atoms with van der Waals surface area (Å²) in [5.41, 5.74) is 2.21. The van der Waals surface area contributed by atoms with Crippen molar-refractivity contribution in [3.8, 4) is 0 Å². The number of nitrogens with one attached hydrogen (secondary N) is 2. The average molecular weight is 345 g/mol. The molecule has 0 bridgehead atoms. The number of hydrogen-bond donors (Lipinski definition) is 2. The van der Waals surface area contributed by atoms with Gasteiger partial charge in [0.15, 0.2) is 0 Å². The van der Waals surface area contributed by atoms with Gasteiger partial charge in [-0.05, 0) is 54.8 Å². The first-order chi connectivity index (χ1) is 11.6. The lowest BCUT2D eigenvalue weighted by molar-refractivity contribution is 0.0942. The second-order valence-corrected chi connectivity index (χ2v) is 5.90. The van der Waals surface area contributed by atoms with Gasteiger partial charge in [-0.3, -0.25) is 9.59 Å². The first kappa shape index (κ1) is 18.0. The van der Waals surface area contributed by atoms with Crippen molar-refractivity contribution in [2.45, 2.75) is 19.8 Å². The summed E-state index contributed by atoms with van der Waals surface area (Å²) in [6.07, 6.45) is 1.63. The van der Waals surface area contributed by atoms with Crippen LogP contribution in [0.4, 0.5) is 0 Å². The van der Waals surface area contributed by atoms with E-state index in [1.807, 2.05) is 31.2 Å². The molecule has 0 aromatic heterocycles. The summed E-state index contributed by atoms with van der Waals surface area (Å²) in [6.45, 7) is 3.18. The minimum Gasteiger partial charge on any atom is -0.352 e. The molecule has 0 saturated heterocycles. The van der Waals surface area contributed by atoms with Crippen molar-refractivity contribution in [3.63, 3.8) is 0 Å². The van der Waals surface area contributed by atoms with E-state index in [9.17, 15) is 9.59 Å². The number of carbonyl (C=O) groups is 2. The second-order valence-electron chi connectivity index (χ2n) is 5.47. The van der Waals surface area contributed by atoms with Crippen molar-refractivity contribution < 1.29 is 9.59 Å². The summed E-state index contributed by atoms with van der Waals surface area (Å²) in [5, 5.41) is 6.38. The minimum atomic E-state index is -0.149. The highest BCUT2D eigenvalue weighted by Gasteiger charge is 2.08. The molecule has 2 amide bonds. The van der Waals surface area contributed by atoms with Crippen LogP contribution in [0.1, 0.15) is 39.6 Å². The molecule has 0 atom stereocenters. The Labute approximate surface area is 147 Å². The third-order valence-electron chi connectivity index (χ3n) is 3.56. The van der Waals surface area contributed by atoms with Crippen LogP contribution in [0.15, 0.2) is 48.5 Å². The van der Waals surface area contributed by atoms with Crippen molar-refractivity contribution >= 4 is 23.4 Å². The highest BCUT2D eigenvalue weighted by atomic mass is 35.5. The summed E-state index contributed by atoms with van der Waals surface area (Å²) in [4.78, 5) is 23.9. The van der Waals surface area contributed by atoms with E-state index in [-0.39, 0.29) is 11.8 Å². The van der Waals surface area contributed by atoms with E-state index in [1.54, 1.807) is 24.3 Å². The smallest absolute Gasteiger partial charge is 0.251 e. The fourth-order valence-electron chi connectivity index (χ4n) is 2.19. The third kappa shape index (κ3) is 5.39. The van der Waals surface area contributed by atoms with Gasteiger partial charge < -0.3 is 10.6 Å². The number of halogens is 1. The van der Waals surface area contributed by atoms with E-state index in [0.29, 0.717) is 29.2 Å². The molecular weight excluding hydrogens is 324 g/mol. The number of benzene rings is 2. The predicted octanol–water partition coefficient (Wildman–Crippen LogP) is 3.45. The molecule has 2 N–H and O–H groups in total. The lowest BCUT2D eigenvalue weighted by atomic mass is 10.1. The van der Waals surface area contributed by atoms with Crippen LogP contribution in [0.3, 0.4) is 0 Å². The fourth-order valence-corrected chi connectivity index (χ4v) is 2.31. The van der Waals surface area contributed by atoms with Crippen LogP contribution in [0.25, 0.3) is 0 Å². The van der Waals surface area contributed by atoms with Gasteiger partial charge in [0, 0.05) is 29.2 Å². The molecule has 0 aliphatic rings. The van der Waals surface area contributed by atoms with Gasteiger partial charge in [0.25, 0.3) is 11.8 Å². The maximum absolute atomic E-state index is 12.1. The highest BCUT2D eigenvalue weighted by molar-refractivity contribution is 6.30. The molecule has 126 valence electrons. The van der Waals surface area contributed by atoms with Crippen molar-refractivity contribution in [2.75, 3.05) is 13.1 Å². The first-order valence-electron chi connectivity index (χ1n) is 8.01. The molecule has 4 nitrogen and oxygen atoms in total. The normalized spacial score (nSPS) is 10.2. The maximum Gasteiger partial charge on any atom is 0.251 e. The molecular formula is C19H21ClN2O2. The zero-order valence-corrected chi connectivity index (χ0v) is 14.4. The molecule has 2 aromatic carbocycles. The molecule has 2 rings (SSSR count). The summed E-state index contributed by atoms with van der Waals surface area (Å²) in [6, 6.07) is 14.2. The fraction of sp³-hybridized carbons (Fsp3) is 0.263. The number of rotatable bonds is 7. The van der Waals surface area contributed by atoms with Crippen LogP contribution in [-0.4, -0.2) is 24.9 Å². The molecule has 0 unspecified atom stereocenters. The Morgan fingerprint density at radius 2 is 1.33 bits per heavy atom. The third-order valence-corrected chi connectivity index (χ3v) is 3.81. The summed E-state index contributed by atoms with van der Waals surface area (Å²) in [5.74, 6) is -0.268. The Hall–Kier alpha value is -2.33. The monoisotopic (exact) mass is 344 g/mol. The quantitative estimate of drug-likeness (QED) is 0.808. The van der Waals surface area contributed by atoms with Gasteiger partial charge >= 0.3 is 0 Å². The van der Waals surface area contributed by atoms with Crippen molar-refractivity contribution in [2.24, 2.45) is 0 Å². The summed E-state index contributed by atoms with van der Waals surface area (Å²) >= 11 is 5.84. The van der Waals surface area contributed by atoms with Crippen molar-refractivity contribution in [3.05, 3.63) is 70.2 Å². The highest BCUT2D eigenvalue weighted by Crippen LogP contribution is 2.10. The number of hydrogen-bond acceptors (Lipinski definition) is 2. The molecule has 5 heteroatoms. The average Bonchev–Trinajstić information content (AvgIpc) is 2.61. The van der Waals surface area contributed by atoms with Crippen LogP contribution >= 0.6 is 11.6 Å². The number of amides is 2. The Balaban J connectivity index is 1.83. The van der Waals surface area contributed by atoms with Crippen LogP contribution in [-0.2, 0) is 6.42 Å². The molecule has 0 saturated carbocycles. The van der Waals surface area contributed by atoms with E-state index in [2.05, 4.69) is 10.6 Å². The molecule has 2 aromatic rings. The van der Waals surface area contributed by atoms with Crippen LogP contribution in [0.5, 0.6) is 0 Å². The number of carbonyl (C=O) groups excluding carboxylic acids is 2. The molecule has 0 fully saturated rings. The Kier molecular flexibility index (Phi) is 6.82. The standard InChI is InChI=1S/C19H21ClN2O2/c1-2-12-21-18(23)15-5-7-16(8-6-15)19(24)22-13-11-14-3-9-17(20)10-4-14/h3-10H,2,11-13H2,1H3,(H,21,23)(H,22,24). The van der Waals surface area contributed by atoms with Crippen LogP contribution < -0.4 is 10.6 Å². The largest absolute Gasteiger partial charge is 0.352 e. The first-order valence-corrected chi connectivity index (χ1v) is 8.39. The zero-order chi connectivity index (χ0) is 17.4. The Morgan fingerprint density at radius 3 is 1.83 bits per heavy atom. The lowest BCUT2D eigenvalue weighted by Gasteiger charge is -2.07. The van der Waals surface area contributed by atoms with Crippen LogP contribution in [0.2, 0.25) is 5.02 Å². The topological polar surface area (TPSA) is 58.2 Å². The molecule has 24 heavy (non-hydrogen) atoms. The second kappa shape index (κ2) is 9.08. The Morgan fingerprint density at radius 1 is 0.833 bits per heavy atom. The van der Waals surface area contributed by atoms with E-state index in [1.165, 1.54) is 0 Å². The zero-order valence-electron chi connectivity index (χ0n) is 13.6. The minimum absolute atomic E-state index is 0.119. The van der Waals surface area contributed by atoms with Gasteiger partial charge in [-0.15, -0.1) is 0 Å². The Bertz CT molecular complexity index is 682. The van der Waals surface area contributed by atoms with Gasteiger partial charge in [-0.2, -0.15) is 0 Å². The van der Waals surface area contributed by atoms with Gasteiger partial charge in [0.1, 0.15) is 0 Å². The van der Waals surface area contributed by atoms with Crippen LogP contribution in [0, 0.1) is 0 Å². The van der Waals surface area contributed by atoms with Crippen molar-refractivity contribution in [1.29, 1.82) is 0 Å². The van der Waals surface area contributed by atoms with Crippen molar-refractivity contribution in [1.82, 2.24) is 10.6 Å². The van der Waals surface area contributed by atoms with Gasteiger partial charge in [-0.1, -0.05) is 30.7 Å². The van der Waals surface area contributed by atoms with E-state index < -0.39 is 0 Å². The molecule has 0 radical (unpaired) electrons. The molecule has 0 spiro atoms. The maximum atomic E-state index is 12.1. The summed E-state index contributed by atoms with van der Waals surface area (Å²) < 4.78 is 0.